The molecule has 0 aliphatic carbocycles. The summed E-state index contributed by atoms with van der Waals surface area (Å²) in [6, 6.07) is 0. The molecule has 4 heteroatoms. The van der Waals surface area contributed by atoms with Crippen molar-refractivity contribution in [2.45, 2.75) is 19.3 Å². The third kappa shape index (κ3) is 7.21. The lowest BCUT2D eigenvalue weighted by Gasteiger charge is -1.90. The zero-order valence-electron chi connectivity index (χ0n) is 6.86. The number of hydrogen-bond donors (Lipinski definition) is 1. The molecule has 0 saturated carbocycles. The quantitative estimate of drug-likeness (QED) is 0.632. The summed E-state index contributed by atoms with van der Waals surface area (Å²) < 4.78 is 10.7. The molecule has 0 fully saturated rings. The zero-order chi connectivity index (χ0) is 9.40. The minimum atomic E-state index is -1.07. The number of rotatable bonds is 6. The van der Waals surface area contributed by atoms with E-state index in [0.29, 0.717) is 12.8 Å². The lowest BCUT2D eigenvalue weighted by atomic mass is 10.2. The molecule has 0 aromatic rings. The molecule has 68 valence electrons. The summed E-state index contributed by atoms with van der Waals surface area (Å²) in [6.45, 7) is 3.36. The molecule has 1 atom stereocenters. The lowest BCUT2D eigenvalue weighted by Crippen LogP contribution is -2.09. The fourth-order valence-electron chi connectivity index (χ4n) is 0.613. The van der Waals surface area contributed by atoms with E-state index in [1.54, 1.807) is 11.5 Å². The predicted molar refractivity (Wildman–Crippen MR) is 50.5 cm³/mol. The Morgan fingerprint density at radius 1 is 1.58 bits per heavy atom. The molecule has 1 amide bonds. The zero-order valence-corrected chi connectivity index (χ0v) is 7.68. The van der Waals surface area contributed by atoms with Crippen LogP contribution >= 0.6 is 0 Å². The van der Waals surface area contributed by atoms with Gasteiger partial charge < -0.3 is 5.73 Å². The molecule has 0 aliphatic rings. The highest BCUT2D eigenvalue weighted by Gasteiger charge is 1.91. The average molecular weight is 187 g/mol. The first-order valence-corrected chi connectivity index (χ1v) is 4.91. The minimum absolute atomic E-state index is 0.298. The smallest absolute Gasteiger partial charge is 0.217 e. The van der Waals surface area contributed by atoms with Crippen molar-refractivity contribution in [1.82, 2.24) is 0 Å². The summed E-state index contributed by atoms with van der Waals surface area (Å²) in [6.07, 6.45) is 3.58. The largest absolute Gasteiger partial charge is 0.370 e. The van der Waals surface area contributed by atoms with Crippen LogP contribution in [0.3, 0.4) is 0 Å². The van der Waals surface area contributed by atoms with Crippen molar-refractivity contribution in [3.63, 3.8) is 0 Å². The molecular formula is C8H13NO2S. The van der Waals surface area contributed by atoms with Gasteiger partial charge in [-0.05, 0) is 18.2 Å². The molecule has 0 heterocycles. The number of amides is 1. The summed E-state index contributed by atoms with van der Waals surface area (Å²) in [5.41, 5.74) is 4.92. The van der Waals surface area contributed by atoms with Crippen molar-refractivity contribution in [2.24, 2.45) is 5.73 Å². The number of primary amides is 1. The van der Waals surface area contributed by atoms with Crippen LogP contribution in [-0.4, -0.2) is 10.1 Å². The highest BCUT2D eigenvalue weighted by molar-refractivity contribution is 7.90. The molecule has 0 radical (unpaired) electrons. The van der Waals surface area contributed by atoms with E-state index < -0.39 is 10.8 Å². The molecule has 0 spiro atoms. The second-order valence-corrected chi connectivity index (χ2v) is 3.49. The van der Waals surface area contributed by atoms with Crippen LogP contribution in [0.15, 0.2) is 23.5 Å². The van der Waals surface area contributed by atoms with Crippen LogP contribution in [-0.2, 0) is 15.6 Å². The molecule has 0 aliphatic heterocycles. The van der Waals surface area contributed by atoms with Gasteiger partial charge in [0.05, 0.1) is 10.8 Å². The van der Waals surface area contributed by atoms with Gasteiger partial charge in [-0.15, -0.1) is 0 Å². The topological polar surface area (TPSA) is 60.2 Å². The SMILES string of the molecule is C=CS(=O)C=CCCCC(N)=O. The average Bonchev–Trinajstić information content (AvgIpc) is 2.03. The fourth-order valence-corrected chi connectivity index (χ4v) is 1.05. The van der Waals surface area contributed by atoms with E-state index in [4.69, 9.17) is 5.73 Å². The van der Waals surface area contributed by atoms with Crippen molar-refractivity contribution in [1.29, 1.82) is 0 Å². The number of allylic oxidation sites excluding steroid dienone is 1. The normalized spacial score (nSPS) is 13.0. The Balaban J connectivity index is 3.42. The van der Waals surface area contributed by atoms with E-state index in [1.807, 2.05) is 0 Å². The van der Waals surface area contributed by atoms with Crippen molar-refractivity contribution in [2.75, 3.05) is 0 Å². The van der Waals surface area contributed by atoms with Gasteiger partial charge in [0.15, 0.2) is 0 Å². The Morgan fingerprint density at radius 3 is 2.75 bits per heavy atom. The lowest BCUT2D eigenvalue weighted by molar-refractivity contribution is -0.118. The summed E-state index contributed by atoms with van der Waals surface area (Å²) in [7, 11) is -1.07. The van der Waals surface area contributed by atoms with Crippen LogP contribution in [0.4, 0.5) is 0 Å². The van der Waals surface area contributed by atoms with Gasteiger partial charge in [0, 0.05) is 11.8 Å². The first kappa shape index (κ1) is 11.1. The predicted octanol–water partition coefficient (Wildman–Crippen LogP) is 1.05. The van der Waals surface area contributed by atoms with Gasteiger partial charge in [-0.25, -0.2) is 0 Å². The van der Waals surface area contributed by atoms with E-state index in [-0.39, 0.29) is 5.91 Å². The maximum atomic E-state index is 10.7. The molecule has 3 nitrogen and oxygen atoms in total. The Bertz CT molecular complexity index is 211. The fraction of sp³-hybridized carbons (Fsp3) is 0.375. The van der Waals surface area contributed by atoms with Crippen LogP contribution in [0.5, 0.6) is 0 Å². The van der Waals surface area contributed by atoms with E-state index in [2.05, 4.69) is 6.58 Å². The molecule has 0 bridgehead atoms. The highest BCUT2D eigenvalue weighted by atomic mass is 32.2. The summed E-state index contributed by atoms with van der Waals surface area (Å²) in [5.74, 6) is -0.298. The van der Waals surface area contributed by atoms with E-state index in [1.165, 1.54) is 5.41 Å². The molecule has 12 heavy (non-hydrogen) atoms. The molecule has 0 rings (SSSR count). The van der Waals surface area contributed by atoms with Gasteiger partial charge in [-0.2, -0.15) is 0 Å². The van der Waals surface area contributed by atoms with Crippen LogP contribution in [0.2, 0.25) is 0 Å². The number of hydrogen-bond acceptors (Lipinski definition) is 2. The third-order valence-corrected chi connectivity index (χ3v) is 1.98. The molecule has 2 N–H and O–H groups in total. The van der Waals surface area contributed by atoms with Crippen LogP contribution in [0.1, 0.15) is 19.3 Å². The highest BCUT2D eigenvalue weighted by Crippen LogP contribution is 1.97. The van der Waals surface area contributed by atoms with Crippen molar-refractivity contribution >= 4 is 16.7 Å². The molecule has 0 aromatic heterocycles. The Morgan fingerprint density at radius 2 is 2.25 bits per heavy atom. The number of carbonyl (C=O) groups is 1. The van der Waals surface area contributed by atoms with Crippen molar-refractivity contribution < 1.29 is 9.00 Å². The van der Waals surface area contributed by atoms with Gasteiger partial charge in [0.25, 0.3) is 0 Å². The van der Waals surface area contributed by atoms with Crippen LogP contribution in [0.25, 0.3) is 0 Å². The first-order valence-electron chi connectivity index (χ1n) is 3.63. The van der Waals surface area contributed by atoms with Crippen molar-refractivity contribution in [3.05, 3.63) is 23.5 Å². The Hall–Kier alpha value is -0.900. The van der Waals surface area contributed by atoms with E-state index in [9.17, 15) is 9.00 Å². The second-order valence-electron chi connectivity index (χ2n) is 2.23. The summed E-state index contributed by atoms with van der Waals surface area (Å²) in [5, 5.41) is 2.90. The summed E-state index contributed by atoms with van der Waals surface area (Å²) in [4.78, 5) is 10.3. The van der Waals surface area contributed by atoms with E-state index >= 15 is 0 Å². The standard InChI is InChI=1S/C8H13NO2S/c1-2-12(11)7-5-3-4-6-8(9)10/h2,5,7H,1,3-4,6H2,(H2,9,10). The van der Waals surface area contributed by atoms with Gasteiger partial charge in [-0.3, -0.25) is 9.00 Å². The number of carbonyl (C=O) groups excluding carboxylic acids is 1. The van der Waals surface area contributed by atoms with E-state index in [0.717, 1.165) is 6.42 Å². The summed E-state index contributed by atoms with van der Waals surface area (Å²) >= 11 is 0. The molecular weight excluding hydrogens is 174 g/mol. The maximum Gasteiger partial charge on any atom is 0.217 e. The minimum Gasteiger partial charge on any atom is -0.370 e. The molecule has 0 saturated heterocycles. The van der Waals surface area contributed by atoms with Crippen LogP contribution in [0, 0.1) is 0 Å². The van der Waals surface area contributed by atoms with Crippen molar-refractivity contribution in [3.8, 4) is 0 Å². The van der Waals surface area contributed by atoms with Gasteiger partial charge >= 0.3 is 0 Å². The maximum absolute atomic E-state index is 10.7. The van der Waals surface area contributed by atoms with Gasteiger partial charge in [0.1, 0.15) is 0 Å². The molecule has 1 unspecified atom stereocenters. The Kier molecular flexibility index (Phi) is 6.28. The first-order chi connectivity index (χ1) is 5.66. The monoisotopic (exact) mass is 187 g/mol. The number of unbranched alkanes of at least 4 members (excludes halogenated alkanes) is 1. The number of nitrogens with two attached hydrogens (primary N) is 1. The second kappa shape index (κ2) is 6.79. The Labute approximate surface area is 74.8 Å². The van der Waals surface area contributed by atoms with Crippen LogP contribution < -0.4 is 5.73 Å². The molecule has 0 aromatic carbocycles. The third-order valence-electron chi connectivity index (χ3n) is 1.19. The van der Waals surface area contributed by atoms with Gasteiger partial charge in [-0.1, -0.05) is 12.7 Å². The van der Waals surface area contributed by atoms with Gasteiger partial charge in [0.2, 0.25) is 5.91 Å².